The number of fused-ring (bicyclic) bond motifs is 2. The molecule has 0 aliphatic heterocycles. The highest BCUT2D eigenvalue weighted by molar-refractivity contribution is 6.21. The summed E-state index contributed by atoms with van der Waals surface area (Å²) in [6.07, 6.45) is 2.96. The minimum atomic E-state index is -0.638. The average Bonchev–Trinajstić information content (AvgIpc) is 2.61. The van der Waals surface area contributed by atoms with E-state index in [0.29, 0.717) is 24.1 Å². The highest BCUT2D eigenvalue weighted by atomic mass is 35.5. The van der Waals surface area contributed by atoms with Gasteiger partial charge in [-0.15, -0.1) is 18.2 Å². The van der Waals surface area contributed by atoms with Crippen molar-refractivity contribution < 1.29 is 9.59 Å². The number of benzene rings is 1. The van der Waals surface area contributed by atoms with Gasteiger partial charge in [0.05, 0.1) is 16.5 Å². The van der Waals surface area contributed by atoms with Gasteiger partial charge < -0.3 is 10.2 Å². The number of ketones is 1. The van der Waals surface area contributed by atoms with Crippen molar-refractivity contribution in [2.45, 2.75) is 44.0 Å². The number of halogens is 1. The summed E-state index contributed by atoms with van der Waals surface area (Å²) in [5, 5.41) is 2.39. The van der Waals surface area contributed by atoms with Gasteiger partial charge in [0, 0.05) is 5.56 Å². The lowest BCUT2D eigenvalue weighted by molar-refractivity contribution is -0.105. The van der Waals surface area contributed by atoms with Crippen LogP contribution in [0.1, 0.15) is 43.1 Å². The van der Waals surface area contributed by atoms with Crippen molar-refractivity contribution in [1.29, 1.82) is 0 Å². The standard InChI is InChI=1S/C21H23ClN2O2/c1-6-21(4)15(22)10-13-17(19(21)23-5)18(26)16-12(20(13,2)3)8-7-9-14(16)24-11-25/h6-9,11,13,15,17,19H,1,10H2,2-4H3,(H,24,25)/t13-,15+,17-,19+,21-/m0/s1. The second-order valence-electron chi connectivity index (χ2n) is 8.06. The van der Waals surface area contributed by atoms with Gasteiger partial charge in [0.15, 0.2) is 5.78 Å². The Morgan fingerprint density at radius 3 is 2.65 bits per heavy atom. The van der Waals surface area contributed by atoms with E-state index in [1.807, 2.05) is 19.1 Å². The van der Waals surface area contributed by atoms with Gasteiger partial charge in [-0.25, -0.2) is 6.57 Å². The maximum atomic E-state index is 13.5. The number of hydrogen-bond acceptors (Lipinski definition) is 2. The smallest absolute Gasteiger partial charge is 0.244 e. The molecule has 1 saturated carbocycles. The van der Waals surface area contributed by atoms with Crippen molar-refractivity contribution >= 4 is 29.5 Å². The van der Waals surface area contributed by atoms with Crippen LogP contribution in [0.2, 0.25) is 0 Å². The third-order valence-corrected chi connectivity index (χ3v) is 7.22. The summed E-state index contributed by atoms with van der Waals surface area (Å²) in [5.41, 5.74) is 0.962. The molecule has 0 unspecified atom stereocenters. The van der Waals surface area contributed by atoms with Crippen LogP contribution in [-0.2, 0) is 10.2 Å². The first kappa shape index (κ1) is 18.7. The molecule has 4 nitrogen and oxygen atoms in total. The Bertz CT molecular complexity index is 826. The van der Waals surface area contributed by atoms with Crippen LogP contribution in [0.4, 0.5) is 5.69 Å². The Morgan fingerprint density at radius 2 is 2.08 bits per heavy atom. The molecule has 0 heterocycles. The van der Waals surface area contributed by atoms with E-state index in [4.69, 9.17) is 18.2 Å². The number of alkyl halides is 1. The first-order valence-corrected chi connectivity index (χ1v) is 9.19. The minimum absolute atomic E-state index is 0.0383. The number of carbonyl (C=O) groups excluding carboxylic acids is 2. The van der Waals surface area contributed by atoms with Crippen LogP contribution in [0.15, 0.2) is 30.9 Å². The lowest BCUT2D eigenvalue weighted by Crippen LogP contribution is -2.58. The molecule has 26 heavy (non-hydrogen) atoms. The van der Waals surface area contributed by atoms with Crippen LogP contribution >= 0.6 is 11.6 Å². The van der Waals surface area contributed by atoms with E-state index in [9.17, 15) is 9.59 Å². The summed E-state index contributed by atoms with van der Waals surface area (Å²) >= 11 is 6.72. The number of rotatable bonds is 3. The molecule has 5 atom stereocenters. The predicted octanol–water partition coefficient (Wildman–Crippen LogP) is 4.45. The highest BCUT2D eigenvalue weighted by Gasteiger charge is 2.63. The molecule has 2 aliphatic rings. The van der Waals surface area contributed by atoms with Crippen LogP contribution in [0.3, 0.4) is 0 Å². The van der Waals surface area contributed by atoms with Gasteiger partial charge in [0.1, 0.15) is 5.92 Å². The summed E-state index contributed by atoms with van der Waals surface area (Å²) in [6, 6.07) is 4.94. The van der Waals surface area contributed by atoms with Gasteiger partial charge in [-0.05, 0) is 36.3 Å². The van der Waals surface area contributed by atoms with E-state index in [2.05, 4.69) is 30.6 Å². The van der Waals surface area contributed by atoms with Gasteiger partial charge in [-0.2, -0.15) is 0 Å². The molecule has 0 spiro atoms. The van der Waals surface area contributed by atoms with E-state index in [1.54, 1.807) is 12.1 Å². The van der Waals surface area contributed by atoms with Crippen molar-refractivity contribution in [2.24, 2.45) is 17.3 Å². The number of Topliss-reactive ketones (excluding diaryl/α,β-unsaturated/α-hetero) is 1. The Hall–Kier alpha value is -2.12. The lowest BCUT2D eigenvalue weighted by Gasteiger charge is -2.52. The van der Waals surface area contributed by atoms with E-state index >= 15 is 0 Å². The Morgan fingerprint density at radius 1 is 1.38 bits per heavy atom. The SMILES string of the molecule is [C-]#[N+][C@@H]1[C@@H]2C(=O)c3c(NC=O)cccc3C(C)(C)[C@H]2C[C@@H](Cl)[C@]1(C)C=C. The van der Waals surface area contributed by atoms with E-state index in [1.165, 1.54) is 0 Å². The second kappa shape index (κ2) is 6.25. The van der Waals surface area contributed by atoms with Crippen molar-refractivity contribution in [3.05, 3.63) is 53.4 Å². The molecule has 2 aliphatic carbocycles. The summed E-state index contributed by atoms with van der Waals surface area (Å²) < 4.78 is 0. The second-order valence-corrected chi connectivity index (χ2v) is 8.58. The molecule has 3 rings (SSSR count). The maximum absolute atomic E-state index is 13.5. The zero-order valence-corrected chi connectivity index (χ0v) is 16.0. The highest BCUT2D eigenvalue weighted by Crippen LogP contribution is 2.57. The topological polar surface area (TPSA) is 50.5 Å². The summed E-state index contributed by atoms with van der Waals surface area (Å²) in [6.45, 7) is 17.8. The van der Waals surface area contributed by atoms with Gasteiger partial charge in [0.25, 0.3) is 0 Å². The van der Waals surface area contributed by atoms with Crippen molar-refractivity contribution in [1.82, 2.24) is 0 Å². The summed E-state index contributed by atoms with van der Waals surface area (Å²) in [4.78, 5) is 28.4. The normalized spacial score (nSPS) is 34.8. The zero-order chi connectivity index (χ0) is 19.3. The number of nitrogens with one attached hydrogen (secondary N) is 1. The molecule has 1 fully saturated rings. The molecule has 1 N–H and O–H groups in total. The third kappa shape index (κ3) is 2.34. The predicted molar refractivity (Wildman–Crippen MR) is 103 cm³/mol. The van der Waals surface area contributed by atoms with Crippen molar-refractivity contribution in [2.75, 3.05) is 5.32 Å². The fraction of sp³-hybridized carbons (Fsp3) is 0.476. The first-order valence-electron chi connectivity index (χ1n) is 8.76. The van der Waals surface area contributed by atoms with Crippen LogP contribution < -0.4 is 5.32 Å². The fourth-order valence-electron chi connectivity index (χ4n) is 4.86. The van der Waals surface area contributed by atoms with E-state index in [0.717, 1.165) is 5.56 Å². The fourth-order valence-corrected chi connectivity index (χ4v) is 5.27. The van der Waals surface area contributed by atoms with Crippen molar-refractivity contribution in [3.63, 3.8) is 0 Å². The summed E-state index contributed by atoms with van der Waals surface area (Å²) in [5.74, 6) is -0.585. The monoisotopic (exact) mass is 370 g/mol. The molecule has 1 amide bonds. The van der Waals surface area contributed by atoms with Crippen LogP contribution in [0, 0.1) is 23.8 Å². The van der Waals surface area contributed by atoms with Crippen LogP contribution in [-0.4, -0.2) is 23.6 Å². The summed E-state index contributed by atoms with van der Waals surface area (Å²) in [7, 11) is 0. The van der Waals surface area contributed by atoms with Gasteiger partial charge in [0.2, 0.25) is 12.5 Å². The Kier molecular flexibility index (Phi) is 4.48. The number of carbonyl (C=O) groups is 2. The number of hydrogen-bond donors (Lipinski definition) is 1. The molecule has 0 radical (unpaired) electrons. The largest absolute Gasteiger partial charge is 0.328 e. The van der Waals surface area contributed by atoms with Gasteiger partial charge in [-0.3, -0.25) is 9.59 Å². The molecule has 5 heteroatoms. The molecular weight excluding hydrogens is 348 g/mol. The Balaban J connectivity index is 2.26. The molecule has 0 saturated heterocycles. The molecule has 0 bridgehead atoms. The lowest BCUT2D eigenvalue weighted by atomic mass is 9.50. The maximum Gasteiger partial charge on any atom is 0.244 e. The first-order chi connectivity index (χ1) is 12.2. The number of anilines is 1. The number of nitrogens with zero attached hydrogens (tertiary/aromatic N) is 1. The van der Waals surface area contributed by atoms with E-state index < -0.39 is 17.4 Å². The van der Waals surface area contributed by atoms with Crippen LogP contribution in [0.25, 0.3) is 4.85 Å². The minimum Gasteiger partial charge on any atom is -0.328 e. The molecular formula is C21H23ClN2O2. The Labute approximate surface area is 159 Å². The van der Waals surface area contributed by atoms with Gasteiger partial charge >= 0.3 is 0 Å². The zero-order valence-electron chi connectivity index (χ0n) is 15.3. The third-order valence-electron chi connectivity index (χ3n) is 6.57. The van der Waals surface area contributed by atoms with Crippen LogP contribution in [0.5, 0.6) is 0 Å². The van der Waals surface area contributed by atoms with Gasteiger partial charge in [-0.1, -0.05) is 32.1 Å². The van der Waals surface area contributed by atoms with Crippen molar-refractivity contribution in [3.8, 4) is 0 Å². The number of amides is 1. The molecule has 0 aromatic heterocycles. The molecule has 136 valence electrons. The molecule has 1 aromatic rings. The quantitative estimate of drug-likeness (QED) is 0.370. The average molecular weight is 371 g/mol. The molecule has 1 aromatic carbocycles. The van der Waals surface area contributed by atoms with E-state index in [-0.39, 0.29) is 22.5 Å².